The van der Waals surface area contributed by atoms with Gasteiger partial charge in [0.15, 0.2) is 0 Å². The van der Waals surface area contributed by atoms with Crippen LogP contribution in [0.2, 0.25) is 0 Å². The third kappa shape index (κ3) is 2.08. The first kappa shape index (κ1) is 13.4. The molecule has 22 heavy (non-hydrogen) atoms. The summed E-state index contributed by atoms with van der Waals surface area (Å²) in [6, 6.07) is 10.3. The lowest BCUT2D eigenvalue weighted by molar-refractivity contribution is 0.0943. The van der Waals surface area contributed by atoms with Gasteiger partial charge >= 0.3 is 0 Å². The number of nitrogens with one attached hydrogen (secondary N) is 3. The van der Waals surface area contributed by atoms with E-state index in [0.29, 0.717) is 23.2 Å². The highest BCUT2D eigenvalue weighted by Crippen LogP contribution is 2.38. The monoisotopic (exact) mass is 294 g/mol. The van der Waals surface area contributed by atoms with Gasteiger partial charge in [0, 0.05) is 23.0 Å². The first-order chi connectivity index (χ1) is 10.8. The fraction of sp³-hybridized carbons (Fsp3) is 0.412. The second kappa shape index (κ2) is 5.15. The normalized spacial score (nSPS) is 26.8. The van der Waals surface area contributed by atoms with Gasteiger partial charge in [-0.2, -0.15) is 5.26 Å². The predicted molar refractivity (Wildman–Crippen MR) is 83.4 cm³/mol. The third-order valence-corrected chi connectivity index (χ3v) is 4.86. The van der Waals surface area contributed by atoms with E-state index in [9.17, 15) is 10.1 Å². The Labute approximate surface area is 128 Å². The van der Waals surface area contributed by atoms with E-state index in [1.807, 2.05) is 24.3 Å². The molecule has 1 amide bonds. The zero-order valence-corrected chi connectivity index (χ0v) is 12.2. The van der Waals surface area contributed by atoms with Crippen molar-refractivity contribution in [1.82, 2.24) is 15.6 Å². The quantitative estimate of drug-likeness (QED) is 0.791. The Bertz CT molecular complexity index is 761. The minimum absolute atomic E-state index is 0.173. The van der Waals surface area contributed by atoms with Crippen molar-refractivity contribution in [3.8, 4) is 6.07 Å². The van der Waals surface area contributed by atoms with Gasteiger partial charge in [-0.05, 0) is 31.4 Å². The molecule has 0 radical (unpaired) electrons. The van der Waals surface area contributed by atoms with Crippen LogP contribution in [0.25, 0.3) is 10.9 Å². The van der Waals surface area contributed by atoms with Crippen molar-refractivity contribution < 1.29 is 4.79 Å². The molecule has 2 aliphatic rings. The molecule has 1 saturated heterocycles. The lowest BCUT2D eigenvalue weighted by Gasteiger charge is -2.06. The molecule has 3 unspecified atom stereocenters. The summed E-state index contributed by atoms with van der Waals surface area (Å²) in [6.07, 6.45) is 3.60. The second-order valence-electron chi connectivity index (χ2n) is 6.17. The molecule has 2 fully saturated rings. The molecule has 1 aromatic heterocycles. The Hall–Kier alpha value is -2.32. The van der Waals surface area contributed by atoms with Crippen LogP contribution in [0, 0.1) is 17.2 Å². The van der Waals surface area contributed by atoms with Gasteiger partial charge in [0.05, 0.1) is 5.56 Å². The summed E-state index contributed by atoms with van der Waals surface area (Å²) < 4.78 is 0. The molecule has 3 N–H and O–H groups in total. The van der Waals surface area contributed by atoms with E-state index in [2.05, 4.69) is 21.7 Å². The highest BCUT2D eigenvalue weighted by Gasteiger charge is 2.51. The van der Waals surface area contributed by atoms with E-state index in [0.717, 1.165) is 17.4 Å². The van der Waals surface area contributed by atoms with Crippen molar-refractivity contribution in [3.63, 3.8) is 0 Å². The highest BCUT2D eigenvalue weighted by atomic mass is 16.2. The van der Waals surface area contributed by atoms with Crippen LogP contribution in [0.5, 0.6) is 0 Å². The lowest BCUT2D eigenvalue weighted by Crippen LogP contribution is -2.33. The number of amides is 1. The molecule has 3 atom stereocenters. The van der Waals surface area contributed by atoms with E-state index in [-0.39, 0.29) is 11.9 Å². The summed E-state index contributed by atoms with van der Waals surface area (Å²) in [5, 5.41) is 16.8. The number of carbonyl (C=O) groups excluding carboxylic acids is 1. The lowest BCUT2D eigenvalue weighted by atomic mass is 10.1. The minimum Gasteiger partial charge on any atom is -0.349 e. The molecule has 1 aliphatic heterocycles. The molecule has 2 aromatic rings. The molecule has 1 saturated carbocycles. The number of carbonyl (C=O) groups is 1. The summed E-state index contributed by atoms with van der Waals surface area (Å²) in [4.78, 5) is 15.6. The third-order valence-electron chi connectivity index (χ3n) is 4.86. The van der Waals surface area contributed by atoms with Gasteiger partial charge in [-0.3, -0.25) is 4.79 Å². The summed E-state index contributed by atoms with van der Waals surface area (Å²) in [5.74, 6) is 0.369. The van der Waals surface area contributed by atoms with Crippen molar-refractivity contribution in [2.45, 2.75) is 31.3 Å². The molecule has 1 aliphatic carbocycles. The van der Waals surface area contributed by atoms with Crippen LogP contribution in [0.4, 0.5) is 0 Å². The summed E-state index contributed by atoms with van der Waals surface area (Å²) in [7, 11) is 0. The van der Waals surface area contributed by atoms with Gasteiger partial charge in [-0.1, -0.05) is 24.6 Å². The zero-order chi connectivity index (χ0) is 15.1. The van der Waals surface area contributed by atoms with Gasteiger partial charge in [0.25, 0.3) is 5.91 Å². The molecular weight excluding hydrogens is 276 g/mol. The Morgan fingerprint density at radius 1 is 1.32 bits per heavy atom. The average Bonchev–Trinajstić information content (AvgIpc) is 3.11. The van der Waals surface area contributed by atoms with Gasteiger partial charge in [-0.15, -0.1) is 0 Å². The number of hydrogen-bond acceptors (Lipinski definition) is 3. The Balaban J connectivity index is 1.57. The molecule has 5 heteroatoms. The maximum Gasteiger partial charge on any atom is 0.269 e. The fourth-order valence-electron chi connectivity index (χ4n) is 3.63. The Morgan fingerprint density at radius 2 is 2.18 bits per heavy atom. The van der Waals surface area contributed by atoms with Crippen LogP contribution in [-0.4, -0.2) is 29.5 Å². The van der Waals surface area contributed by atoms with E-state index < -0.39 is 0 Å². The summed E-state index contributed by atoms with van der Waals surface area (Å²) >= 11 is 0. The number of nitriles is 1. The van der Waals surface area contributed by atoms with Crippen molar-refractivity contribution >= 4 is 16.8 Å². The summed E-state index contributed by atoms with van der Waals surface area (Å²) in [6.45, 7) is 1.03. The molecule has 0 bridgehead atoms. The SMILES string of the molecule is N#Cc1c(C(=O)NC2C3CCCCNC32)[nH]c2ccccc12. The van der Waals surface area contributed by atoms with Crippen LogP contribution in [0.3, 0.4) is 0 Å². The van der Waals surface area contributed by atoms with Gasteiger partial charge in [0.1, 0.15) is 11.8 Å². The molecule has 2 heterocycles. The second-order valence-corrected chi connectivity index (χ2v) is 6.17. The van der Waals surface area contributed by atoms with E-state index >= 15 is 0 Å². The number of para-hydroxylation sites is 1. The first-order valence-corrected chi connectivity index (χ1v) is 7.84. The molecule has 4 rings (SSSR count). The average molecular weight is 294 g/mol. The van der Waals surface area contributed by atoms with Gasteiger partial charge in [0.2, 0.25) is 0 Å². The predicted octanol–water partition coefficient (Wildman–Crippen LogP) is 1.91. The maximum atomic E-state index is 12.6. The van der Waals surface area contributed by atoms with E-state index in [1.54, 1.807) is 0 Å². The molecular formula is C17H18N4O. The number of hydrogen-bond donors (Lipinski definition) is 3. The van der Waals surface area contributed by atoms with Crippen LogP contribution in [0.1, 0.15) is 35.3 Å². The topological polar surface area (TPSA) is 80.7 Å². The first-order valence-electron chi connectivity index (χ1n) is 7.84. The van der Waals surface area contributed by atoms with Crippen molar-refractivity contribution in [3.05, 3.63) is 35.5 Å². The number of aromatic amines is 1. The number of H-pyrrole nitrogens is 1. The van der Waals surface area contributed by atoms with Gasteiger partial charge in [-0.25, -0.2) is 0 Å². The van der Waals surface area contributed by atoms with Crippen LogP contribution in [0.15, 0.2) is 24.3 Å². The Morgan fingerprint density at radius 3 is 3.05 bits per heavy atom. The van der Waals surface area contributed by atoms with E-state index in [1.165, 1.54) is 19.3 Å². The van der Waals surface area contributed by atoms with Crippen molar-refractivity contribution in [2.75, 3.05) is 6.54 Å². The molecule has 0 spiro atoms. The van der Waals surface area contributed by atoms with Crippen LogP contribution in [-0.2, 0) is 0 Å². The number of fused-ring (bicyclic) bond motifs is 2. The number of benzene rings is 1. The highest BCUT2D eigenvalue weighted by molar-refractivity contribution is 6.02. The molecule has 5 nitrogen and oxygen atoms in total. The molecule has 112 valence electrons. The zero-order valence-electron chi connectivity index (χ0n) is 12.2. The van der Waals surface area contributed by atoms with E-state index in [4.69, 9.17) is 0 Å². The maximum absolute atomic E-state index is 12.6. The number of nitrogens with zero attached hydrogens (tertiary/aromatic N) is 1. The number of aromatic nitrogens is 1. The van der Waals surface area contributed by atoms with Crippen molar-refractivity contribution in [1.29, 1.82) is 5.26 Å². The minimum atomic E-state index is -0.173. The largest absolute Gasteiger partial charge is 0.349 e. The molecule has 1 aromatic carbocycles. The smallest absolute Gasteiger partial charge is 0.269 e. The summed E-state index contributed by atoms with van der Waals surface area (Å²) in [5.41, 5.74) is 1.64. The number of rotatable bonds is 2. The van der Waals surface area contributed by atoms with Crippen LogP contribution >= 0.6 is 0 Å². The fourth-order valence-corrected chi connectivity index (χ4v) is 3.63. The van der Waals surface area contributed by atoms with Crippen molar-refractivity contribution in [2.24, 2.45) is 5.92 Å². The van der Waals surface area contributed by atoms with Gasteiger partial charge < -0.3 is 15.6 Å². The standard InChI is InChI=1S/C17H18N4O/c18-9-12-10-5-1-2-7-13(10)20-16(12)17(22)21-15-11-6-3-4-8-19-14(11)15/h1-2,5,7,11,14-15,19-20H,3-4,6,8H2,(H,21,22). The Kier molecular flexibility index (Phi) is 3.12. The van der Waals surface area contributed by atoms with Crippen LogP contribution < -0.4 is 10.6 Å².